The summed E-state index contributed by atoms with van der Waals surface area (Å²) in [7, 11) is 1.86. The highest BCUT2D eigenvalue weighted by atomic mass is 16.1. The quantitative estimate of drug-likeness (QED) is 0.863. The normalized spacial score (nSPS) is 10.2. The van der Waals surface area contributed by atoms with Gasteiger partial charge in [-0.2, -0.15) is 5.10 Å². The highest BCUT2D eigenvalue weighted by molar-refractivity contribution is 5.90. The first-order valence-corrected chi connectivity index (χ1v) is 5.41. The Morgan fingerprint density at radius 1 is 1.41 bits per heavy atom. The van der Waals surface area contributed by atoms with E-state index in [-0.39, 0.29) is 5.91 Å². The molecule has 0 unspecified atom stereocenters. The number of aromatic nitrogens is 3. The molecule has 5 nitrogen and oxygen atoms in total. The van der Waals surface area contributed by atoms with Crippen molar-refractivity contribution < 1.29 is 4.79 Å². The molecule has 0 aliphatic rings. The Hall–Kier alpha value is -2.17. The van der Waals surface area contributed by atoms with E-state index in [4.69, 9.17) is 0 Å². The molecule has 2 aromatic heterocycles. The smallest absolute Gasteiger partial charge is 0.224 e. The van der Waals surface area contributed by atoms with Crippen molar-refractivity contribution in [1.82, 2.24) is 14.8 Å². The molecule has 2 aromatic rings. The highest BCUT2D eigenvalue weighted by Crippen LogP contribution is 2.06. The summed E-state index contributed by atoms with van der Waals surface area (Å²) in [5.41, 5.74) is 1.84. The maximum atomic E-state index is 11.6. The van der Waals surface area contributed by atoms with Crippen molar-refractivity contribution in [2.75, 3.05) is 5.32 Å². The molecule has 2 heterocycles. The summed E-state index contributed by atoms with van der Waals surface area (Å²) >= 11 is 0. The van der Waals surface area contributed by atoms with Gasteiger partial charge in [0.1, 0.15) is 0 Å². The van der Waals surface area contributed by atoms with E-state index in [1.807, 2.05) is 13.2 Å². The van der Waals surface area contributed by atoms with Gasteiger partial charge in [0.25, 0.3) is 0 Å². The molecule has 0 aliphatic heterocycles. The lowest BCUT2D eigenvalue weighted by Gasteiger charge is -2.03. The van der Waals surface area contributed by atoms with Crippen molar-refractivity contribution in [3.8, 4) is 0 Å². The molecular weight excluding hydrogens is 216 g/mol. The monoisotopic (exact) mass is 230 g/mol. The van der Waals surface area contributed by atoms with Crippen LogP contribution in [-0.2, 0) is 18.3 Å². The van der Waals surface area contributed by atoms with Gasteiger partial charge >= 0.3 is 0 Å². The van der Waals surface area contributed by atoms with Crippen LogP contribution in [0.5, 0.6) is 0 Å². The van der Waals surface area contributed by atoms with Gasteiger partial charge in [-0.05, 0) is 24.1 Å². The Kier molecular flexibility index (Phi) is 3.49. The Balaban J connectivity index is 1.82. The van der Waals surface area contributed by atoms with Gasteiger partial charge in [-0.25, -0.2) is 0 Å². The third-order valence-corrected chi connectivity index (χ3v) is 2.36. The molecule has 88 valence electrons. The van der Waals surface area contributed by atoms with Gasteiger partial charge < -0.3 is 5.32 Å². The molecule has 5 heteroatoms. The third kappa shape index (κ3) is 3.41. The lowest BCUT2D eigenvalue weighted by atomic mass is 10.2. The second kappa shape index (κ2) is 5.25. The zero-order chi connectivity index (χ0) is 12.1. The van der Waals surface area contributed by atoms with E-state index in [1.165, 1.54) is 0 Å². The minimum Gasteiger partial charge on any atom is -0.326 e. The number of rotatable bonds is 4. The van der Waals surface area contributed by atoms with E-state index in [1.54, 1.807) is 35.4 Å². The molecule has 0 atom stereocenters. The molecule has 1 N–H and O–H groups in total. The van der Waals surface area contributed by atoms with E-state index < -0.39 is 0 Å². The van der Waals surface area contributed by atoms with Crippen LogP contribution in [0.2, 0.25) is 0 Å². The van der Waals surface area contributed by atoms with Gasteiger partial charge in [-0.15, -0.1) is 0 Å². The predicted molar refractivity (Wildman–Crippen MR) is 64.4 cm³/mol. The average molecular weight is 230 g/mol. The number of carbonyl (C=O) groups excluding carboxylic acids is 1. The van der Waals surface area contributed by atoms with Crippen molar-refractivity contribution in [3.05, 3.63) is 42.5 Å². The van der Waals surface area contributed by atoms with Crippen LogP contribution in [0.3, 0.4) is 0 Å². The van der Waals surface area contributed by atoms with Gasteiger partial charge in [-0.3, -0.25) is 14.5 Å². The van der Waals surface area contributed by atoms with Crippen LogP contribution in [0.15, 0.2) is 36.9 Å². The van der Waals surface area contributed by atoms with E-state index in [0.717, 1.165) is 11.3 Å². The largest absolute Gasteiger partial charge is 0.326 e. The van der Waals surface area contributed by atoms with Gasteiger partial charge in [0.15, 0.2) is 0 Å². The summed E-state index contributed by atoms with van der Waals surface area (Å²) in [6.07, 6.45) is 8.14. The van der Waals surface area contributed by atoms with Crippen LogP contribution in [-0.4, -0.2) is 20.7 Å². The van der Waals surface area contributed by atoms with Gasteiger partial charge in [0, 0.05) is 37.7 Å². The number of nitrogens with zero attached hydrogens (tertiary/aromatic N) is 3. The summed E-state index contributed by atoms with van der Waals surface area (Å²) < 4.78 is 1.73. The number of nitrogens with one attached hydrogen (secondary N) is 1. The fourth-order valence-electron chi connectivity index (χ4n) is 1.52. The Morgan fingerprint density at radius 2 is 2.18 bits per heavy atom. The van der Waals surface area contributed by atoms with Crippen molar-refractivity contribution in [2.24, 2.45) is 7.05 Å². The van der Waals surface area contributed by atoms with E-state index in [2.05, 4.69) is 15.4 Å². The van der Waals surface area contributed by atoms with Crippen molar-refractivity contribution >= 4 is 11.6 Å². The average Bonchev–Trinajstić information content (AvgIpc) is 2.74. The first-order chi connectivity index (χ1) is 8.24. The van der Waals surface area contributed by atoms with E-state index in [0.29, 0.717) is 12.8 Å². The van der Waals surface area contributed by atoms with Crippen LogP contribution < -0.4 is 5.32 Å². The Labute approximate surface area is 99.5 Å². The molecule has 0 aromatic carbocycles. The first kappa shape index (κ1) is 11.3. The molecule has 0 saturated heterocycles. The van der Waals surface area contributed by atoms with Gasteiger partial charge in [0.2, 0.25) is 5.91 Å². The number of carbonyl (C=O) groups is 1. The van der Waals surface area contributed by atoms with Crippen molar-refractivity contribution in [3.63, 3.8) is 0 Å². The SMILES string of the molecule is Cn1cc(CCC(=O)Nc2ccncc2)cn1. The van der Waals surface area contributed by atoms with Crippen LogP contribution >= 0.6 is 0 Å². The summed E-state index contributed by atoms with van der Waals surface area (Å²) in [4.78, 5) is 15.5. The number of aryl methyl sites for hydroxylation is 2. The summed E-state index contributed by atoms with van der Waals surface area (Å²) in [5.74, 6) is 0.0000491. The third-order valence-electron chi connectivity index (χ3n) is 2.36. The standard InChI is InChI=1S/C12H14N4O/c1-16-9-10(8-14-16)2-3-12(17)15-11-4-6-13-7-5-11/h4-9H,2-3H2,1H3,(H,13,15,17). The highest BCUT2D eigenvalue weighted by Gasteiger charge is 2.03. The van der Waals surface area contributed by atoms with Crippen molar-refractivity contribution in [1.29, 1.82) is 0 Å². The second-order valence-corrected chi connectivity index (χ2v) is 3.81. The van der Waals surface area contributed by atoms with Crippen LogP contribution in [0.1, 0.15) is 12.0 Å². The molecule has 0 aliphatic carbocycles. The van der Waals surface area contributed by atoms with Gasteiger partial charge in [0.05, 0.1) is 6.20 Å². The molecule has 0 saturated carbocycles. The topological polar surface area (TPSA) is 59.8 Å². The maximum Gasteiger partial charge on any atom is 0.224 e. The van der Waals surface area contributed by atoms with Crippen molar-refractivity contribution in [2.45, 2.75) is 12.8 Å². The molecule has 0 spiro atoms. The van der Waals surface area contributed by atoms with Crippen LogP contribution in [0.4, 0.5) is 5.69 Å². The molecule has 2 rings (SSSR count). The molecule has 0 fully saturated rings. The number of anilines is 1. The second-order valence-electron chi connectivity index (χ2n) is 3.81. The Bertz CT molecular complexity index is 492. The zero-order valence-corrected chi connectivity index (χ0v) is 9.63. The van der Waals surface area contributed by atoms with E-state index >= 15 is 0 Å². The fraction of sp³-hybridized carbons (Fsp3) is 0.250. The summed E-state index contributed by atoms with van der Waals surface area (Å²) in [6, 6.07) is 3.53. The molecule has 0 radical (unpaired) electrons. The number of pyridine rings is 1. The lowest BCUT2D eigenvalue weighted by molar-refractivity contribution is -0.116. The lowest BCUT2D eigenvalue weighted by Crippen LogP contribution is -2.12. The number of hydrogen-bond acceptors (Lipinski definition) is 3. The summed E-state index contributed by atoms with van der Waals surface area (Å²) in [5, 5.41) is 6.87. The minimum atomic E-state index is 0.0000491. The van der Waals surface area contributed by atoms with E-state index in [9.17, 15) is 4.79 Å². The van der Waals surface area contributed by atoms with Crippen LogP contribution in [0.25, 0.3) is 0 Å². The maximum absolute atomic E-state index is 11.6. The molecule has 1 amide bonds. The predicted octanol–water partition coefficient (Wildman–Crippen LogP) is 1.39. The molecular formula is C12H14N4O. The summed E-state index contributed by atoms with van der Waals surface area (Å²) in [6.45, 7) is 0. The molecule has 17 heavy (non-hydrogen) atoms. The fourth-order valence-corrected chi connectivity index (χ4v) is 1.52. The molecule has 0 bridgehead atoms. The number of hydrogen-bond donors (Lipinski definition) is 1. The van der Waals surface area contributed by atoms with Crippen LogP contribution in [0, 0.1) is 0 Å². The zero-order valence-electron chi connectivity index (χ0n) is 9.63. The minimum absolute atomic E-state index is 0.0000491. The first-order valence-electron chi connectivity index (χ1n) is 5.41. The van der Waals surface area contributed by atoms with Gasteiger partial charge in [-0.1, -0.05) is 0 Å². The number of amides is 1. The Morgan fingerprint density at radius 3 is 2.82 bits per heavy atom.